The summed E-state index contributed by atoms with van der Waals surface area (Å²) in [7, 11) is 0. The van der Waals surface area contributed by atoms with Gasteiger partial charge in [0.2, 0.25) is 5.83 Å². The molecule has 1 rings (SSSR count). The topological polar surface area (TPSA) is 50.2 Å². The molecular weight excluding hydrogens is 241 g/mol. The number of carboxylic acids is 1. The summed E-state index contributed by atoms with van der Waals surface area (Å²) in [4.78, 5) is 13.9. The van der Waals surface area contributed by atoms with Crippen molar-refractivity contribution >= 4 is 28.0 Å². The van der Waals surface area contributed by atoms with E-state index in [0.29, 0.717) is 0 Å². The highest BCUT2D eigenvalue weighted by Crippen LogP contribution is 2.10. The van der Waals surface area contributed by atoms with E-state index in [4.69, 9.17) is 5.11 Å². The minimum absolute atomic E-state index is 0.267. The standard InChI is InChI=1S/C8H5BrFNO2/c9-5-1-2-6(11-4-5)3-7(10)8(12)13/h1-4H,(H,12,13). The summed E-state index contributed by atoms with van der Waals surface area (Å²) >= 11 is 3.15. The number of aliphatic carboxylic acids is 1. The number of carboxylic acid groups (broad SMARTS) is 1. The van der Waals surface area contributed by atoms with Crippen LogP contribution in [-0.4, -0.2) is 16.1 Å². The lowest BCUT2D eigenvalue weighted by atomic mass is 10.3. The number of hydrogen-bond donors (Lipinski definition) is 1. The van der Waals surface area contributed by atoms with E-state index in [9.17, 15) is 9.18 Å². The van der Waals surface area contributed by atoms with Crippen LogP contribution >= 0.6 is 15.9 Å². The van der Waals surface area contributed by atoms with Gasteiger partial charge < -0.3 is 5.11 Å². The zero-order valence-electron chi connectivity index (χ0n) is 6.37. The lowest BCUT2D eigenvalue weighted by molar-refractivity contribution is -0.134. The minimum Gasteiger partial charge on any atom is -0.476 e. The van der Waals surface area contributed by atoms with E-state index in [2.05, 4.69) is 20.9 Å². The summed E-state index contributed by atoms with van der Waals surface area (Å²) in [5.41, 5.74) is 0.267. The molecule has 0 bridgehead atoms. The fraction of sp³-hybridized carbons (Fsp3) is 0. The predicted octanol–water partition coefficient (Wildman–Crippen LogP) is 2.24. The maximum Gasteiger partial charge on any atom is 0.364 e. The first-order valence-electron chi connectivity index (χ1n) is 3.31. The van der Waals surface area contributed by atoms with Gasteiger partial charge in [0, 0.05) is 16.7 Å². The number of pyridine rings is 1. The second-order valence-electron chi connectivity index (χ2n) is 2.20. The minimum atomic E-state index is -1.59. The van der Waals surface area contributed by atoms with Gasteiger partial charge in [-0.05, 0) is 28.1 Å². The molecule has 0 aliphatic rings. The molecule has 3 nitrogen and oxygen atoms in total. The van der Waals surface area contributed by atoms with Crippen LogP contribution in [0.3, 0.4) is 0 Å². The number of rotatable bonds is 2. The number of aromatic nitrogens is 1. The number of hydrogen-bond acceptors (Lipinski definition) is 2. The molecular formula is C8H5BrFNO2. The zero-order chi connectivity index (χ0) is 9.84. The second kappa shape index (κ2) is 4.13. The molecule has 1 aromatic rings. The van der Waals surface area contributed by atoms with Crippen LogP contribution in [0, 0.1) is 0 Å². The molecule has 1 aromatic heterocycles. The van der Waals surface area contributed by atoms with Crippen molar-refractivity contribution in [2.24, 2.45) is 0 Å². The molecule has 5 heteroatoms. The quantitative estimate of drug-likeness (QED) is 0.814. The van der Waals surface area contributed by atoms with Crippen LogP contribution < -0.4 is 0 Å². The summed E-state index contributed by atoms with van der Waals surface area (Å²) in [6.45, 7) is 0. The Morgan fingerprint density at radius 3 is 2.77 bits per heavy atom. The molecule has 0 unspecified atom stereocenters. The van der Waals surface area contributed by atoms with Crippen molar-refractivity contribution in [3.63, 3.8) is 0 Å². The molecule has 1 N–H and O–H groups in total. The Labute approximate surface area is 82.0 Å². The Bertz CT molecular complexity index is 348. The van der Waals surface area contributed by atoms with E-state index in [1.807, 2.05) is 0 Å². The molecule has 0 aliphatic heterocycles. The Morgan fingerprint density at radius 1 is 1.62 bits per heavy atom. The van der Waals surface area contributed by atoms with Crippen LogP contribution in [0.1, 0.15) is 5.69 Å². The van der Waals surface area contributed by atoms with E-state index in [0.717, 1.165) is 10.5 Å². The Kier molecular flexibility index (Phi) is 3.13. The fourth-order valence-corrected chi connectivity index (χ4v) is 0.899. The van der Waals surface area contributed by atoms with Gasteiger partial charge in [-0.15, -0.1) is 0 Å². The zero-order valence-corrected chi connectivity index (χ0v) is 7.95. The first kappa shape index (κ1) is 9.85. The van der Waals surface area contributed by atoms with Gasteiger partial charge in [0.1, 0.15) is 0 Å². The van der Waals surface area contributed by atoms with Crippen LogP contribution in [0.15, 0.2) is 28.6 Å². The molecule has 0 saturated heterocycles. The highest BCUT2D eigenvalue weighted by atomic mass is 79.9. The molecule has 13 heavy (non-hydrogen) atoms. The first-order valence-corrected chi connectivity index (χ1v) is 4.11. The molecule has 0 aromatic carbocycles. The number of carbonyl (C=O) groups is 1. The van der Waals surface area contributed by atoms with Crippen LogP contribution in [0.2, 0.25) is 0 Å². The fourth-order valence-electron chi connectivity index (χ4n) is 0.664. The van der Waals surface area contributed by atoms with Gasteiger partial charge in [0.25, 0.3) is 0 Å². The largest absolute Gasteiger partial charge is 0.476 e. The predicted molar refractivity (Wildman–Crippen MR) is 48.7 cm³/mol. The van der Waals surface area contributed by atoms with Gasteiger partial charge >= 0.3 is 5.97 Å². The molecule has 0 atom stereocenters. The normalized spacial score (nSPS) is 11.4. The number of nitrogens with zero attached hydrogens (tertiary/aromatic N) is 1. The molecule has 0 aliphatic carbocycles. The first-order chi connectivity index (χ1) is 6.09. The van der Waals surface area contributed by atoms with Crippen LogP contribution in [-0.2, 0) is 4.79 Å². The second-order valence-corrected chi connectivity index (χ2v) is 3.11. The van der Waals surface area contributed by atoms with E-state index >= 15 is 0 Å². The van der Waals surface area contributed by atoms with E-state index in [1.54, 1.807) is 6.07 Å². The highest BCUT2D eigenvalue weighted by molar-refractivity contribution is 9.10. The molecule has 68 valence electrons. The van der Waals surface area contributed by atoms with E-state index < -0.39 is 11.8 Å². The van der Waals surface area contributed by atoms with Crippen molar-refractivity contribution in [2.45, 2.75) is 0 Å². The average Bonchev–Trinajstić information content (AvgIpc) is 2.08. The van der Waals surface area contributed by atoms with Crippen LogP contribution in [0.5, 0.6) is 0 Å². The molecule has 1 heterocycles. The summed E-state index contributed by atoms with van der Waals surface area (Å²) < 4.78 is 13.3. The summed E-state index contributed by atoms with van der Waals surface area (Å²) in [5.74, 6) is -2.82. The lowest BCUT2D eigenvalue weighted by Crippen LogP contribution is -1.94. The van der Waals surface area contributed by atoms with Gasteiger partial charge in [0.15, 0.2) is 0 Å². The monoisotopic (exact) mass is 245 g/mol. The summed E-state index contributed by atoms with van der Waals surface area (Å²) in [6, 6.07) is 3.15. The lowest BCUT2D eigenvalue weighted by Gasteiger charge is -1.92. The third-order valence-corrected chi connectivity index (χ3v) is 1.70. The summed E-state index contributed by atoms with van der Waals surface area (Å²) in [5, 5.41) is 8.22. The van der Waals surface area contributed by atoms with Crippen LogP contribution in [0.4, 0.5) is 4.39 Å². The van der Waals surface area contributed by atoms with Gasteiger partial charge in [0.05, 0.1) is 5.69 Å². The Balaban J connectivity index is 2.92. The van der Waals surface area contributed by atoms with Gasteiger partial charge in [-0.2, -0.15) is 4.39 Å². The maximum atomic E-state index is 12.5. The van der Waals surface area contributed by atoms with E-state index in [1.165, 1.54) is 12.3 Å². The SMILES string of the molecule is O=C(O)C(F)=Cc1ccc(Br)cn1. The molecule has 0 fully saturated rings. The summed E-state index contributed by atoms with van der Waals surface area (Å²) in [6.07, 6.45) is 2.32. The average molecular weight is 246 g/mol. The smallest absolute Gasteiger partial charge is 0.364 e. The van der Waals surface area contributed by atoms with Crippen molar-refractivity contribution < 1.29 is 14.3 Å². The highest BCUT2D eigenvalue weighted by Gasteiger charge is 2.04. The third-order valence-electron chi connectivity index (χ3n) is 1.23. The van der Waals surface area contributed by atoms with Crippen LogP contribution in [0.25, 0.3) is 6.08 Å². The van der Waals surface area contributed by atoms with Gasteiger partial charge in [-0.1, -0.05) is 0 Å². The van der Waals surface area contributed by atoms with Gasteiger partial charge in [-0.3, -0.25) is 4.98 Å². The van der Waals surface area contributed by atoms with Crippen molar-refractivity contribution in [1.82, 2.24) is 4.98 Å². The van der Waals surface area contributed by atoms with Gasteiger partial charge in [-0.25, -0.2) is 4.79 Å². The van der Waals surface area contributed by atoms with Crippen molar-refractivity contribution in [3.05, 3.63) is 34.3 Å². The molecule has 0 saturated carbocycles. The van der Waals surface area contributed by atoms with Crippen molar-refractivity contribution in [2.75, 3.05) is 0 Å². The van der Waals surface area contributed by atoms with Crippen molar-refractivity contribution in [3.8, 4) is 0 Å². The Hall–Kier alpha value is -1.23. The molecule has 0 amide bonds. The van der Waals surface area contributed by atoms with E-state index in [-0.39, 0.29) is 5.69 Å². The third kappa shape index (κ3) is 2.95. The van der Waals surface area contributed by atoms with Crippen molar-refractivity contribution in [1.29, 1.82) is 0 Å². The molecule has 0 spiro atoms. The maximum absolute atomic E-state index is 12.5. The Morgan fingerprint density at radius 2 is 2.31 bits per heavy atom. The number of halogens is 2. The molecule has 0 radical (unpaired) electrons.